The average Bonchev–Trinajstić information content (AvgIpc) is 3.87. The van der Waals surface area contributed by atoms with Gasteiger partial charge in [0.05, 0.1) is 0 Å². The van der Waals surface area contributed by atoms with Crippen molar-refractivity contribution in [2.45, 2.75) is 142 Å². The molecular formula is C48H62N6O5. The van der Waals surface area contributed by atoms with Gasteiger partial charge in [0.2, 0.25) is 5.75 Å². The van der Waals surface area contributed by atoms with E-state index in [4.69, 9.17) is 0 Å². The molecule has 2 aliphatic heterocycles. The lowest BCUT2D eigenvalue weighted by Crippen LogP contribution is -2.42. The zero-order valence-electron chi connectivity index (χ0n) is 36.4. The molecule has 0 saturated heterocycles. The van der Waals surface area contributed by atoms with Crippen LogP contribution in [0, 0.1) is 13.8 Å². The Morgan fingerprint density at radius 1 is 0.695 bits per heavy atom. The highest BCUT2D eigenvalue weighted by molar-refractivity contribution is 5.95. The van der Waals surface area contributed by atoms with Crippen LogP contribution in [0.1, 0.15) is 145 Å². The molecule has 314 valence electrons. The van der Waals surface area contributed by atoms with Crippen LogP contribution in [0.25, 0.3) is 0 Å². The minimum absolute atomic E-state index is 0.00955. The highest BCUT2D eigenvalue weighted by Crippen LogP contribution is 2.47. The van der Waals surface area contributed by atoms with Gasteiger partial charge in [-0.3, -0.25) is 19.2 Å². The quantitative estimate of drug-likeness (QED) is 0.214. The van der Waals surface area contributed by atoms with Gasteiger partial charge in [-0.2, -0.15) is 9.97 Å². The smallest absolute Gasteiger partial charge is 0.315 e. The third kappa shape index (κ3) is 8.01. The van der Waals surface area contributed by atoms with Gasteiger partial charge in [-0.25, -0.2) is 0 Å². The van der Waals surface area contributed by atoms with Crippen molar-refractivity contribution in [2.24, 2.45) is 0 Å². The molecule has 11 heteroatoms. The van der Waals surface area contributed by atoms with E-state index in [1.54, 1.807) is 28.5 Å². The van der Waals surface area contributed by atoms with Crippen LogP contribution < -0.4 is 11.1 Å². The topological polar surface area (TPSA) is 131 Å². The fourth-order valence-corrected chi connectivity index (χ4v) is 10.6. The van der Waals surface area contributed by atoms with Crippen LogP contribution in [0.3, 0.4) is 0 Å². The highest BCUT2D eigenvalue weighted by atomic mass is 16.3. The summed E-state index contributed by atoms with van der Waals surface area (Å²) < 4.78 is 3.76. The summed E-state index contributed by atoms with van der Waals surface area (Å²) in [6.07, 6.45) is 11.3. The van der Waals surface area contributed by atoms with Crippen molar-refractivity contribution >= 4 is 11.8 Å². The Morgan fingerprint density at radius 3 is 1.80 bits per heavy atom. The van der Waals surface area contributed by atoms with Gasteiger partial charge in [0.25, 0.3) is 17.4 Å². The van der Waals surface area contributed by atoms with Crippen LogP contribution in [0.2, 0.25) is 0 Å². The molecule has 1 N–H and O–H groups in total. The van der Waals surface area contributed by atoms with E-state index >= 15 is 0 Å². The van der Waals surface area contributed by atoms with Gasteiger partial charge in [-0.15, -0.1) is 0 Å². The van der Waals surface area contributed by atoms with Crippen molar-refractivity contribution in [3.63, 3.8) is 0 Å². The first-order chi connectivity index (χ1) is 28.0. The summed E-state index contributed by atoms with van der Waals surface area (Å²) in [4.78, 5) is 61.9. The first-order valence-corrected chi connectivity index (χ1v) is 21.6. The van der Waals surface area contributed by atoms with Crippen molar-refractivity contribution in [3.05, 3.63) is 120 Å². The van der Waals surface area contributed by atoms with Crippen LogP contribution in [-0.4, -0.2) is 73.0 Å². The SMILES string of the molecule is CCc1cc(C)c(C2(Cc3nc(=O)c(O)c4n3CCN(C)C4=O)CCCC2)c(C)c1.CN1CCn2c(cc(=O)nc2CC2(c3ccc(C(C)(C)C)cc3)CCCC2)C1=O. The van der Waals surface area contributed by atoms with Crippen molar-refractivity contribution in [2.75, 3.05) is 27.2 Å². The summed E-state index contributed by atoms with van der Waals surface area (Å²) in [5.41, 5.74) is 7.52. The van der Waals surface area contributed by atoms with Crippen LogP contribution in [0.5, 0.6) is 5.75 Å². The van der Waals surface area contributed by atoms with E-state index in [-0.39, 0.29) is 39.3 Å². The Labute approximate surface area is 348 Å². The minimum atomic E-state index is -0.706. The molecule has 0 radical (unpaired) electrons. The Kier molecular flexibility index (Phi) is 11.5. The zero-order chi connectivity index (χ0) is 42.4. The summed E-state index contributed by atoms with van der Waals surface area (Å²) in [5, 5.41) is 10.3. The molecule has 4 aromatic rings. The number of aromatic hydroxyl groups is 1. The van der Waals surface area contributed by atoms with E-state index in [0.717, 1.165) is 50.8 Å². The van der Waals surface area contributed by atoms with Crippen LogP contribution in [-0.2, 0) is 48.6 Å². The molecule has 11 nitrogen and oxygen atoms in total. The number of hydrogen-bond acceptors (Lipinski definition) is 7. The number of hydrogen-bond donors (Lipinski definition) is 1. The fourth-order valence-electron chi connectivity index (χ4n) is 10.6. The van der Waals surface area contributed by atoms with Crippen LogP contribution in [0.4, 0.5) is 0 Å². The molecule has 2 aliphatic carbocycles. The lowest BCUT2D eigenvalue weighted by molar-refractivity contribution is 0.0732. The van der Waals surface area contributed by atoms with E-state index in [2.05, 4.69) is 87.9 Å². The molecule has 4 aliphatic rings. The highest BCUT2D eigenvalue weighted by Gasteiger charge is 2.41. The second kappa shape index (κ2) is 16.2. The van der Waals surface area contributed by atoms with Gasteiger partial charge < -0.3 is 24.0 Å². The van der Waals surface area contributed by atoms with Gasteiger partial charge in [0, 0.05) is 70.0 Å². The fraction of sp³-hybridized carbons (Fsp3) is 0.542. The molecule has 2 fully saturated rings. The summed E-state index contributed by atoms with van der Waals surface area (Å²) in [6.45, 7) is 15.7. The van der Waals surface area contributed by atoms with Gasteiger partial charge >= 0.3 is 5.56 Å². The second-order valence-electron chi connectivity index (χ2n) is 18.8. The van der Waals surface area contributed by atoms with E-state index < -0.39 is 11.3 Å². The maximum absolute atomic E-state index is 12.7. The second-order valence-corrected chi connectivity index (χ2v) is 18.8. The molecule has 2 saturated carbocycles. The van der Waals surface area contributed by atoms with Crippen LogP contribution >= 0.6 is 0 Å². The third-order valence-electron chi connectivity index (χ3n) is 13.8. The molecular weight excluding hydrogens is 741 g/mol. The summed E-state index contributed by atoms with van der Waals surface area (Å²) in [6, 6.07) is 15.0. The average molecular weight is 803 g/mol. The van der Waals surface area contributed by atoms with E-state index in [0.29, 0.717) is 50.5 Å². The maximum atomic E-state index is 12.7. The van der Waals surface area contributed by atoms with Gasteiger partial charge in [-0.1, -0.05) is 89.8 Å². The Balaban J connectivity index is 0.000000179. The number of aryl methyl sites for hydroxylation is 3. The number of likely N-dealkylation sites (N-methyl/N-ethyl adjacent to an activating group) is 2. The van der Waals surface area contributed by atoms with Gasteiger partial charge in [0.15, 0.2) is 5.69 Å². The van der Waals surface area contributed by atoms with E-state index in [1.807, 2.05) is 4.57 Å². The third-order valence-corrected chi connectivity index (χ3v) is 13.8. The lowest BCUT2D eigenvalue weighted by Gasteiger charge is -2.35. The molecule has 2 aromatic carbocycles. The van der Waals surface area contributed by atoms with Crippen molar-refractivity contribution < 1.29 is 14.7 Å². The standard InChI is InChI=1S/C24H31N3O3.C24H31N3O2/c1-5-17-12-15(2)19(16(3)13-17)24(8-6-7-9-24)14-18-25-22(29)21(28)20-23(30)26(4)10-11-27(18)20;1-23(2,3)17-7-9-18(10-8-17)24(11-5-6-12-24)16-20-25-21(28)15-19-22(29)26(4)13-14-27(19)20/h12-13,28H,5-11,14H2,1-4H3;7-10,15H,5-6,11-14,16H2,1-4H3. The molecule has 8 rings (SSSR count). The Bertz CT molecular complexity index is 2350. The van der Waals surface area contributed by atoms with Crippen LogP contribution in [0.15, 0.2) is 52.1 Å². The number of carbonyl (C=O) groups is 2. The maximum Gasteiger partial charge on any atom is 0.315 e. The Morgan fingerprint density at radius 2 is 1.22 bits per heavy atom. The lowest BCUT2D eigenvalue weighted by atomic mass is 9.71. The summed E-state index contributed by atoms with van der Waals surface area (Å²) in [5.74, 6) is 0.437. The molecule has 0 atom stereocenters. The Hall–Kier alpha value is -5.06. The molecule has 0 unspecified atom stereocenters. The number of fused-ring (bicyclic) bond motifs is 2. The predicted molar refractivity (Wildman–Crippen MR) is 231 cm³/mol. The summed E-state index contributed by atoms with van der Waals surface area (Å²) in [7, 11) is 3.47. The minimum Gasteiger partial charge on any atom is -0.501 e. The van der Waals surface area contributed by atoms with E-state index in [9.17, 15) is 24.3 Å². The summed E-state index contributed by atoms with van der Waals surface area (Å²) >= 11 is 0. The van der Waals surface area contributed by atoms with Crippen molar-refractivity contribution in [1.82, 2.24) is 28.9 Å². The number of benzene rings is 2. The normalized spacial score (nSPS) is 18.4. The molecule has 2 amide bonds. The van der Waals surface area contributed by atoms with E-state index in [1.165, 1.54) is 52.3 Å². The molecule has 0 bridgehead atoms. The van der Waals surface area contributed by atoms with Gasteiger partial charge in [0.1, 0.15) is 17.3 Å². The zero-order valence-corrected chi connectivity index (χ0v) is 36.4. The molecule has 4 heterocycles. The number of carbonyl (C=O) groups excluding carboxylic acids is 2. The monoisotopic (exact) mass is 802 g/mol. The number of nitrogens with zero attached hydrogens (tertiary/aromatic N) is 6. The van der Waals surface area contributed by atoms with Gasteiger partial charge in [-0.05, 0) is 84.7 Å². The molecule has 0 spiro atoms. The number of rotatable bonds is 7. The first-order valence-electron chi connectivity index (χ1n) is 21.6. The van der Waals surface area contributed by atoms with Crippen molar-refractivity contribution in [1.29, 1.82) is 0 Å². The first kappa shape index (κ1) is 42.1. The van der Waals surface area contributed by atoms with Crippen molar-refractivity contribution in [3.8, 4) is 5.75 Å². The number of amides is 2. The predicted octanol–water partition coefficient (Wildman–Crippen LogP) is 6.95. The largest absolute Gasteiger partial charge is 0.501 e. The molecule has 59 heavy (non-hydrogen) atoms. The number of aromatic nitrogens is 4. The molecule has 2 aromatic heterocycles.